The number of benzene rings is 1. The lowest BCUT2D eigenvalue weighted by Gasteiger charge is -2.11. The molecular formula is C14H13Cl2N. The number of aromatic nitrogens is 1. The lowest BCUT2D eigenvalue weighted by molar-refractivity contribution is 1.26. The normalized spacial score (nSPS) is 10.6. The van der Waals surface area contributed by atoms with E-state index in [1.807, 2.05) is 12.1 Å². The molecule has 1 nitrogen and oxygen atoms in total. The van der Waals surface area contributed by atoms with Crippen LogP contribution in [0, 0.1) is 20.8 Å². The van der Waals surface area contributed by atoms with Crippen LogP contribution in [0.1, 0.15) is 16.7 Å². The van der Waals surface area contributed by atoms with Gasteiger partial charge in [-0.05, 0) is 60.7 Å². The van der Waals surface area contributed by atoms with Crippen LogP contribution in [-0.4, -0.2) is 4.98 Å². The summed E-state index contributed by atoms with van der Waals surface area (Å²) >= 11 is 11.9. The van der Waals surface area contributed by atoms with Crippen LogP contribution in [0.5, 0.6) is 0 Å². The largest absolute Gasteiger partial charge is 0.224 e. The lowest BCUT2D eigenvalue weighted by Crippen LogP contribution is -1.91. The van der Waals surface area contributed by atoms with Crippen LogP contribution < -0.4 is 0 Å². The van der Waals surface area contributed by atoms with Gasteiger partial charge in [0.1, 0.15) is 10.3 Å². The molecule has 0 saturated carbocycles. The molecule has 2 rings (SSSR count). The zero-order valence-corrected chi connectivity index (χ0v) is 11.5. The van der Waals surface area contributed by atoms with Gasteiger partial charge in [0.15, 0.2) is 0 Å². The van der Waals surface area contributed by atoms with Crippen LogP contribution in [0.25, 0.3) is 11.1 Å². The zero-order chi connectivity index (χ0) is 12.6. The molecule has 0 fully saturated rings. The highest BCUT2D eigenvalue weighted by atomic mass is 35.5. The Morgan fingerprint density at radius 3 is 2.06 bits per heavy atom. The highest BCUT2D eigenvalue weighted by molar-refractivity contribution is 6.32. The molecule has 0 unspecified atom stereocenters. The van der Waals surface area contributed by atoms with Gasteiger partial charge in [-0.2, -0.15) is 0 Å². The van der Waals surface area contributed by atoms with Gasteiger partial charge in [0.05, 0.1) is 0 Å². The van der Waals surface area contributed by atoms with Crippen LogP contribution in [0.3, 0.4) is 0 Å². The molecule has 3 heteroatoms. The maximum absolute atomic E-state index is 5.93. The smallest absolute Gasteiger partial charge is 0.131 e. The molecule has 0 spiro atoms. The minimum Gasteiger partial charge on any atom is -0.224 e. The van der Waals surface area contributed by atoms with E-state index in [2.05, 4.69) is 37.9 Å². The third-order valence-corrected chi connectivity index (χ3v) is 3.52. The van der Waals surface area contributed by atoms with E-state index in [-0.39, 0.29) is 0 Å². The molecule has 2 aromatic rings. The number of nitrogens with zero attached hydrogens (tertiary/aromatic N) is 1. The fraction of sp³-hybridized carbons (Fsp3) is 0.214. The van der Waals surface area contributed by atoms with Gasteiger partial charge in [-0.1, -0.05) is 35.3 Å². The summed E-state index contributed by atoms with van der Waals surface area (Å²) in [5.41, 5.74) is 6.00. The molecule has 88 valence electrons. The van der Waals surface area contributed by atoms with Crippen molar-refractivity contribution in [3.63, 3.8) is 0 Å². The van der Waals surface area contributed by atoms with E-state index in [4.69, 9.17) is 23.2 Å². The molecule has 0 aliphatic heterocycles. The first-order valence-corrected chi connectivity index (χ1v) is 6.15. The fourth-order valence-corrected chi connectivity index (χ4v) is 2.35. The summed E-state index contributed by atoms with van der Waals surface area (Å²) in [4.78, 5) is 3.96. The molecule has 1 heterocycles. The predicted molar refractivity (Wildman–Crippen MR) is 73.9 cm³/mol. The first-order valence-electron chi connectivity index (χ1n) is 5.39. The summed E-state index contributed by atoms with van der Waals surface area (Å²) in [6.45, 7) is 6.34. The molecule has 17 heavy (non-hydrogen) atoms. The van der Waals surface area contributed by atoms with Crippen LogP contribution in [-0.2, 0) is 0 Å². The van der Waals surface area contributed by atoms with E-state index in [9.17, 15) is 0 Å². The molecule has 0 aliphatic rings. The summed E-state index contributed by atoms with van der Waals surface area (Å²) in [6, 6.07) is 7.88. The molecule has 1 aromatic heterocycles. The second-order valence-electron chi connectivity index (χ2n) is 4.18. The Labute approximate surface area is 111 Å². The average molecular weight is 266 g/mol. The van der Waals surface area contributed by atoms with Crippen molar-refractivity contribution in [1.82, 2.24) is 4.98 Å². The Morgan fingerprint density at radius 1 is 0.882 bits per heavy atom. The Kier molecular flexibility index (Phi) is 3.41. The van der Waals surface area contributed by atoms with E-state index in [1.54, 1.807) is 0 Å². The molecule has 0 aliphatic carbocycles. The topological polar surface area (TPSA) is 12.9 Å². The predicted octanol–water partition coefficient (Wildman–Crippen LogP) is 4.98. The molecule has 0 N–H and O–H groups in total. The van der Waals surface area contributed by atoms with E-state index in [0.717, 1.165) is 11.1 Å². The first kappa shape index (κ1) is 12.4. The number of halogens is 2. The Hall–Kier alpha value is -1.05. The van der Waals surface area contributed by atoms with E-state index >= 15 is 0 Å². The first-order chi connectivity index (χ1) is 7.99. The summed E-state index contributed by atoms with van der Waals surface area (Å²) in [5, 5.41) is 0.843. The van der Waals surface area contributed by atoms with Gasteiger partial charge in [0.25, 0.3) is 0 Å². The van der Waals surface area contributed by atoms with Crippen molar-refractivity contribution in [3.8, 4) is 11.1 Å². The molecule has 1 aromatic carbocycles. The SMILES string of the molecule is Cc1ccc(-c2cc(Cl)nc(Cl)c2)c(C)c1C. The number of aryl methyl sites for hydroxylation is 1. The third kappa shape index (κ3) is 2.46. The second-order valence-corrected chi connectivity index (χ2v) is 4.96. The van der Waals surface area contributed by atoms with E-state index in [1.165, 1.54) is 16.7 Å². The average Bonchev–Trinajstić information content (AvgIpc) is 2.24. The van der Waals surface area contributed by atoms with E-state index in [0.29, 0.717) is 10.3 Å². The molecule has 0 bridgehead atoms. The minimum atomic E-state index is 0.421. The van der Waals surface area contributed by atoms with Crippen LogP contribution in [0.2, 0.25) is 10.3 Å². The second kappa shape index (κ2) is 4.67. The van der Waals surface area contributed by atoms with Crippen LogP contribution in [0.4, 0.5) is 0 Å². The van der Waals surface area contributed by atoms with E-state index < -0.39 is 0 Å². The van der Waals surface area contributed by atoms with Crippen molar-refractivity contribution in [2.45, 2.75) is 20.8 Å². The van der Waals surface area contributed by atoms with Crippen LogP contribution >= 0.6 is 23.2 Å². The molecular weight excluding hydrogens is 253 g/mol. The number of pyridine rings is 1. The molecule has 0 radical (unpaired) electrons. The number of rotatable bonds is 1. The number of hydrogen-bond donors (Lipinski definition) is 0. The minimum absolute atomic E-state index is 0.421. The van der Waals surface area contributed by atoms with Crippen molar-refractivity contribution < 1.29 is 0 Å². The molecule has 0 amide bonds. The molecule has 0 atom stereocenters. The fourth-order valence-electron chi connectivity index (χ4n) is 1.89. The van der Waals surface area contributed by atoms with Gasteiger partial charge in [-0.15, -0.1) is 0 Å². The van der Waals surface area contributed by atoms with Gasteiger partial charge < -0.3 is 0 Å². The van der Waals surface area contributed by atoms with Crippen LogP contribution in [0.15, 0.2) is 24.3 Å². The summed E-state index contributed by atoms with van der Waals surface area (Å²) in [7, 11) is 0. The quantitative estimate of drug-likeness (QED) is 0.663. The van der Waals surface area contributed by atoms with Gasteiger partial charge in [0.2, 0.25) is 0 Å². The maximum atomic E-state index is 5.93. The highest BCUT2D eigenvalue weighted by Crippen LogP contribution is 2.30. The third-order valence-electron chi connectivity index (χ3n) is 3.13. The summed E-state index contributed by atoms with van der Waals surface area (Å²) in [5.74, 6) is 0. The van der Waals surface area contributed by atoms with Crippen molar-refractivity contribution in [3.05, 3.63) is 51.3 Å². The Morgan fingerprint density at radius 2 is 1.47 bits per heavy atom. The maximum Gasteiger partial charge on any atom is 0.131 e. The lowest BCUT2D eigenvalue weighted by atomic mass is 9.95. The standard InChI is InChI=1S/C14H13Cl2N/c1-8-4-5-12(10(3)9(8)2)11-6-13(15)17-14(16)7-11/h4-7H,1-3H3. The zero-order valence-electron chi connectivity index (χ0n) is 10.0. The van der Waals surface area contributed by atoms with Gasteiger partial charge in [-0.3, -0.25) is 0 Å². The van der Waals surface area contributed by atoms with Crippen molar-refractivity contribution in [2.75, 3.05) is 0 Å². The highest BCUT2D eigenvalue weighted by Gasteiger charge is 2.08. The summed E-state index contributed by atoms with van der Waals surface area (Å²) in [6.07, 6.45) is 0. The Bertz CT molecular complexity index is 556. The summed E-state index contributed by atoms with van der Waals surface area (Å²) < 4.78 is 0. The molecule has 0 saturated heterocycles. The Balaban J connectivity index is 2.64. The van der Waals surface area contributed by atoms with Gasteiger partial charge in [0, 0.05) is 0 Å². The monoisotopic (exact) mass is 265 g/mol. The van der Waals surface area contributed by atoms with Gasteiger partial charge in [-0.25, -0.2) is 4.98 Å². The number of hydrogen-bond acceptors (Lipinski definition) is 1. The van der Waals surface area contributed by atoms with Crippen molar-refractivity contribution in [1.29, 1.82) is 0 Å². The van der Waals surface area contributed by atoms with Crippen molar-refractivity contribution >= 4 is 23.2 Å². The van der Waals surface area contributed by atoms with Gasteiger partial charge >= 0.3 is 0 Å². The van der Waals surface area contributed by atoms with Crippen molar-refractivity contribution in [2.24, 2.45) is 0 Å².